The van der Waals surface area contributed by atoms with Crippen molar-refractivity contribution in [1.29, 1.82) is 0 Å². The van der Waals surface area contributed by atoms with Gasteiger partial charge in [0, 0.05) is 12.2 Å². The van der Waals surface area contributed by atoms with Crippen LogP contribution in [-0.4, -0.2) is 21.0 Å². The van der Waals surface area contributed by atoms with E-state index >= 15 is 0 Å². The first-order valence-corrected chi connectivity index (χ1v) is 10.3. The maximum atomic E-state index is 13.3. The lowest BCUT2D eigenvalue weighted by Gasteiger charge is -2.24. The molecule has 0 aliphatic rings. The van der Waals surface area contributed by atoms with Gasteiger partial charge in [-0.15, -0.1) is 0 Å². The van der Waals surface area contributed by atoms with Gasteiger partial charge in [-0.05, 0) is 43.3 Å². The number of rotatable bonds is 6. The van der Waals surface area contributed by atoms with Gasteiger partial charge >= 0.3 is 6.03 Å². The summed E-state index contributed by atoms with van der Waals surface area (Å²) in [7, 11) is -3.86. The van der Waals surface area contributed by atoms with E-state index in [0.717, 1.165) is 0 Å². The standard InChI is InChI=1S/C21H21N3O3S/c1-2-24(18-13-7-4-8-14-18)28(26,27)20-16-10-9-15-19(20)23-21(25)22-17-11-5-3-6-12-17/h3-16H,2H2,1H3,(H2,22,23,25). The van der Waals surface area contributed by atoms with Crippen molar-refractivity contribution in [2.24, 2.45) is 0 Å². The van der Waals surface area contributed by atoms with Gasteiger partial charge in [-0.25, -0.2) is 13.2 Å². The van der Waals surface area contributed by atoms with E-state index in [4.69, 9.17) is 0 Å². The van der Waals surface area contributed by atoms with Gasteiger partial charge in [-0.2, -0.15) is 0 Å². The Labute approximate surface area is 164 Å². The van der Waals surface area contributed by atoms with Crippen LogP contribution in [0.2, 0.25) is 0 Å². The van der Waals surface area contributed by atoms with Crippen LogP contribution in [-0.2, 0) is 10.0 Å². The molecule has 2 N–H and O–H groups in total. The van der Waals surface area contributed by atoms with Crippen LogP contribution in [0.3, 0.4) is 0 Å². The van der Waals surface area contributed by atoms with E-state index in [1.165, 1.54) is 10.4 Å². The van der Waals surface area contributed by atoms with Crippen molar-refractivity contribution in [2.45, 2.75) is 11.8 Å². The summed E-state index contributed by atoms with van der Waals surface area (Å²) in [6, 6.07) is 23.6. The lowest BCUT2D eigenvalue weighted by Crippen LogP contribution is -2.32. The second-order valence-electron chi connectivity index (χ2n) is 5.95. The first-order valence-electron chi connectivity index (χ1n) is 8.82. The molecule has 0 spiro atoms. The summed E-state index contributed by atoms with van der Waals surface area (Å²) in [5.74, 6) is 0. The van der Waals surface area contributed by atoms with Crippen LogP contribution in [0.4, 0.5) is 21.9 Å². The molecule has 2 amide bonds. The molecule has 3 rings (SSSR count). The molecule has 0 aliphatic heterocycles. The molecule has 144 valence electrons. The number of hydrogen-bond donors (Lipinski definition) is 2. The van der Waals surface area contributed by atoms with E-state index in [1.807, 2.05) is 12.1 Å². The molecule has 0 unspecified atom stereocenters. The molecule has 3 aromatic carbocycles. The number of hydrogen-bond acceptors (Lipinski definition) is 3. The van der Waals surface area contributed by atoms with E-state index in [-0.39, 0.29) is 17.1 Å². The van der Waals surface area contributed by atoms with Crippen molar-refractivity contribution in [2.75, 3.05) is 21.5 Å². The molecule has 0 radical (unpaired) electrons. The molecule has 3 aromatic rings. The highest BCUT2D eigenvalue weighted by molar-refractivity contribution is 7.93. The number of sulfonamides is 1. The zero-order valence-electron chi connectivity index (χ0n) is 15.4. The topological polar surface area (TPSA) is 78.5 Å². The predicted octanol–water partition coefficient (Wildman–Crippen LogP) is 4.55. The Morgan fingerprint density at radius 1 is 0.821 bits per heavy atom. The minimum atomic E-state index is -3.86. The van der Waals surface area contributed by atoms with Gasteiger partial charge in [0.1, 0.15) is 4.90 Å². The lowest BCUT2D eigenvalue weighted by atomic mass is 10.3. The van der Waals surface area contributed by atoms with Gasteiger partial charge in [0.05, 0.1) is 11.4 Å². The summed E-state index contributed by atoms with van der Waals surface area (Å²) >= 11 is 0. The number of para-hydroxylation sites is 3. The third kappa shape index (κ3) is 4.32. The highest BCUT2D eigenvalue weighted by Crippen LogP contribution is 2.28. The molecule has 0 atom stereocenters. The molecule has 6 nitrogen and oxygen atoms in total. The Morgan fingerprint density at radius 2 is 1.39 bits per heavy atom. The molecule has 0 aliphatic carbocycles. The number of amides is 2. The molecule has 0 bridgehead atoms. The second-order valence-corrected chi connectivity index (χ2v) is 7.78. The number of anilines is 3. The Balaban J connectivity index is 1.89. The number of carbonyl (C=O) groups excluding carboxylic acids is 1. The average molecular weight is 395 g/mol. The largest absolute Gasteiger partial charge is 0.323 e. The molecule has 0 fully saturated rings. The fourth-order valence-corrected chi connectivity index (χ4v) is 4.43. The molecular formula is C21H21N3O3S. The second kappa shape index (κ2) is 8.58. The van der Waals surface area contributed by atoms with E-state index < -0.39 is 16.1 Å². The third-order valence-corrected chi connectivity index (χ3v) is 6.03. The molecule has 7 heteroatoms. The van der Waals surface area contributed by atoms with Crippen LogP contribution in [0.5, 0.6) is 0 Å². The predicted molar refractivity (Wildman–Crippen MR) is 112 cm³/mol. The van der Waals surface area contributed by atoms with Crippen molar-refractivity contribution < 1.29 is 13.2 Å². The van der Waals surface area contributed by atoms with E-state index in [0.29, 0.717) is 11.4 Å². The van der Waals surface area contributed by atoms with E-state index in [1.54, 1.807) is 73.7 Å². The van der Waals surface area contributed by atoms with Crippen molar-refractivity contribution in [1.82, 2.24) is 0 Å². The summed E-state index contributed by atoms with van der Waals surface area (Å²) in [4.78, 5) is 12.4. The highest BCUT2D eigenvalue weighted by Gasteiger charge is 2.26. The van der Waals surface area contributed by atoms with Gasteiger partial charge < -0.3 is 10.6 Å². The summed E-state index contributed by atoms with van der Waals surface area (Å²) in [5, 5.41) is 5.33. The van der Waals surface area contributed by atoms with Crippen LogP contribution >= 0.6 is 0 Å². The van der Waals surface area contributed by atoms with Crippen LogP contribution in [0.1, 0.15) is 6.92 Å². The maximum absolute atomic E-state index is 13.3. The third-order valence-electron chi connectivity index (χ3n) is 4.07. The van der Waals surface area contributed by atoms with Crippen molar-refractivity contribution in [3.8, 4) is 0 Å². The minimum Gasteiger partial charge on any atom is -0.308 e. The summed E-state index contributed by atoms with van der Waals surface area (Å²) in [5.41, 5.74) is 1.39. The zero-order chi connectivity index (χ0) is 20.0. The first-order chi connectivity index (χ1) is 13.5. The number of urea groups is 1. The summed E-state index contributed by atoms with van der Waals surface area (Å²) < 4.78 is 27.9. The van der Waals surface area contributed by atoms with Gasteiger partial charge in [0.15, 0.2) is 0 Å². The molecule has 0 heterocycles. The van der Waals surface area contributed by atoms with E-state index in [2.05, 4.69) is 10.6 Å². The monoisotopic (exact) mass is 395 g/mol. The molecule has 0 saturated heterocycles. The van der Waals surface area contributed by atoms with Crippen molar-refractivity contribution in [3.63, 3.8) is 0 Å². The number of nitrogens with one attached hydrogen (secondary N) is 2. The van der Waals surface area contributed by atoms with Crippen molar-refractivity contribution in [3.05, 3.63) is 84.9 Å². The first kappa shape index (κ1) is 19.4. The Hall–Kier alpha value is -3.32. The van der Waals surface area contributed by atoms with Crippen LogP contribution in [0, 0.1) is 0 Å². The Bertz CT molecular complexity index is 1040. The van der Waals surface area contributed by atoms with Crippen LogP contribution < -0.4 is 14.9 Å². The van der Waals surface area contributed by atoms with Gasteiger partial charge in [0.2, 0.25) is 0 Å². The summed E-state index contributed by atoms with van der Waals surface area (Å²) in [6.45, 7) is 2.03. The van der Waals surface area contributed by atoms with Crippen molar-refractivity contribution >= 4 is 33.1 Å². The van der Waals surface area contributed by atoms with Gasteiger partial charge in [-0.1, -0.05) is 48.5 Å². The molecular weight excluding hydrogens is 374 g/mol. The fraction of sp³-hybridized carbons (Fsp3) is 0.0952. The van der Waals surface area contributed by atoms with E-state index in [9.17, 15) is 13.2 Å². The molecule has 0 saturated carbocycles. The summed E-state index contributed by atoms with van der Waals surface area (Å²) in [6.07, 6.45) is 0. The van der Waals surface area contributed by atoms with Gasteiger partial charge in [0.25, 0.3) is 10.0 Å². The molecule has 0 aromatic heterocycles. The zero-order valence-corrected chi connectivity index (χ0v) is 16.2. The number of benzene rings is 3. The minimum absolute atomic E-state index is 0.0314. The Morgan fingerprint density at radius 3 is 2.04 bits per heavy atom. The lowest BCUT2D eigenvalue weighted by molar-refractivity contribution is 0.262. The highest BCUT2D eigenvalue weighted by atomic mass is 32.2. The van der Waals surface area contributed by atoms with Crippen LogP contribution in [0.15, 0.2) is 89.8 Å². The quantitative estimate of drug-likeness (QED) is 0.643. The molecule has 28 heavy (non-hydrogen) atoms. The number of carbonyl (C=O) groups is 1. The Kier molecular flexibility index (Phi) is 5.96. The van der Waals surface area contributed by atoms with Gasteiger partial charge in [-0.3, -0.25) is 4.31 Å². The maximum Gasteiger partial charge on any atom is 0.323 e. The SMILES string of the molecule is CCN(c1ccccc1)S(=O)(=O)c1ccccc1NC(=O)Nc1ccccc1. The fourth-order valence-electron chi connectivity index (χ4n) is 2.81. The van der Waals surface area contributed by atoms with Crippen LogP contribution in [0.25, 0.3) is 0 Å². The smallest absolute Gasteiger partial charge is 0.308 e. The number of nitrogens with zero attached hydrogens (tertiary/aromatic N) is 1. The normalized spacial score (nSPS) is 10.9. The average Bonchev–Trinajstić information content (AvgIpc) is 2.70.